The van der Waals surface area contributed by atoms with Crippen LogP contribution in [0.2, 0.25) is 0 Å². The van der Waals surface area contributed by atoms with Crippen LogP contribution in [0.25, 0.3) is 0 Å². The number of nitrogens with one attached hydrogen (secondary N) is 1. The van der Waals surface area contributed by atoms with Crippen LogP contribution < -0.4 is 10.2 Å². The molecule has 0 aliphatic heterocycles. The summed E-state index contributed by atoms with van der Waals surface area (Å²) in [6, 6.07) is 1.91. The van der Waals surface area contributed by atoms with Crippen molar-refractivity contribution in [3.8, 4) is 0 Å². The van der Waals surface area contributed by atoms with Gasteiger partial charge in [0.05, 0.1) is 5.69 Å². The molecule has 2 heterocycles. The van der Waals surface area contributed by atoms with Gasteiger partial charge >= 0.3 is 0 Å². The maximum atomic E-state index is 13.7. The molecule has 10 heteroatoms. The summed E-state index contributed by atoms with van der Waals surface area (Å²) in [5.74, 6) is -3.04. The van der Waals surface area contributed by atoms with Gasteiger partial charge in [-0.15, -0.1) is 11.3 Å². The Kier molecular flexibility index (Phi) is 6.47. The van der Waals surface area contributed by atoms with Gasteiger partial charge in [-0.1, -0.05) is 20.8 Å². The third-order valence-corrected chi connectivity index (χ3v) is 6.45. The highest BCUT2D eigenvalue weighted by atomic mass is 32.1. The first kappa shape index (κ1) is 22.2. The average molecular weight is 439 g/mol. The van der Waals surface area contributed by atoms with Gasteiger partial charge in [-0.2, -0.15) is 13.8 Å². The molecule has 1 fully saturated rings. The highest BCUT2D eigenvalue weighted by molar-refractivity contribution is 7.16. The molecule has 0 saturated heterocycles. The molecular formula is C20H24F2N4O3S. The fourth-order valence-corrected chi connectivity index (χ4v) is 4.38. The lowest BCUT2D eigenvalue weighted by atomic mass is 9.67. The van der Waals surface area contributed by atoms with Crippen LogP contribution >= 0.6 is 11.3 Å². The number of carbonyl (C=O) groups is 2. The standard InChI is InChI=1S/C20H24F2N4O3S/c1-5-12-17(18(28)23-13-6-7-20(13,2)3)25-19(30-12)26(16(27)10-29-4)11-8-14(21)24-15(22)9-11/h8-9,13H,5-7,10H2,1-4H3,(H,23,28). The molecule has 1 saturated carbocycles. The van der Waals surface area contributed by atoms with Gasteiger partial charge in [-0.3, -0.25) is 14.5 Å². The Hall–Kier alpha value is -2.46. The third-order valence-electron chi connectivity index (χ3n) is 5.26. The highest BCUT2D eigenvalue weighted by Gasteiger charge is 2.40. The fourth-order valence-electron chi connectivity index (χ4n) is 3.34. The van der Waals surface area contributed by atoms with E-state index < -0.39 is 17.8 Å². The van der Waals surface area contributed by atoms with Gasteiger partial charge in [-0.05, 0) is 24.7 Å². The lowest BCUT2D eigenvalue weighted by molar-refractivity contribution is -0.121. The van der Waals surface area contributed by atoms with Crippen LogP contribution in [0.15, 0.2) is 12.1 Å². The summed E-state index contributed by atoms with van der Waals surface area (Å²) >= 11 is 1.12. The van der Waals surface area contributed by atoms with Gasteiger partial charge in [0, 0.05) is 30.2 Å². The minimum absolute atomic E-state index is 0.0213. The molecule has 1 N–H and O–H groups in total. The number of ether oxygens (including phenoxy) is 1. The molecule has 2 aromatic heterocycles. The number of rotatable bonds is 7. The number of aryl methyl sites for hydroxylation is 1. The van der Waals surface area contributed by atoms with Crippen molar-refractivity contribution >= 4 is 34.0 Å². The Morgan fingerprint density at radius 3 is 2.47 bits per heavy atom. The molecule has 1 atom stereocenters. The van der Waals surface area contributed by atoms with Crippen molar-refractivity contribution < 1.29 is 23.1 Å². The molecule has 2 aromatic rings. The summed E-state index contributed by atoms with van der Waals surface area (Å²) in [7, 11) is 1.34. The Morgan fingerprint density at radius 2 is 1.97 bits per heavy atom. The summed E-state index contributed by atoms with van der Waals surface area (Å²) in [5.41, 5.74) is 0.156. The molecule has 30 heavy (non-hydrogen) atoms. The second-order valence-corrected chi connectivity index (χ2v) is 8.87. The molecule has 1 aliphatic rings. The van der Waals surface area contributed by atoms with E-state index in [2.05, 4.69) is 29.1 Å². The molecular weight excluding hydrogens is 414 g/mol. The highest BCUT2D eigenvalue weighted by Crippen LogP contribution is 2.40. The van der Waals surface area contributed by atoms with Gasteiger partial charge in [0.1, 0.15) is 12.3 Å². The predicted octanol–water partition coefficient (Wildman–Crippen LogP) is 3.61. The topological polar surface area (TPSA) is 84.4 Å². The van der Waals surface area contributed by atoms with Crippen molar-refractivity contribution in [3.63, 3.8) is 0 Å². The van der Waals surface area contributed by atoms with Gasteiger partial charge < -0.3 is 10.1 Å². The molecule has 2 amide bonds. The number of hydrogen-bond acceptors (Lipinski definition) is 6. The molecule has 0 bridgehead atoms. The Bertz CT molecular complexity index is 943. The van der Waals surface area contributed by atoms with Gasteiger partial charge in [0.2, 0.25) is 11.9 Å². The number of thiazole rings is 1. The molecule has 1 unspecified atom stereocenters. The molecule has 0 radical (unpaired) electrons. The SMILES string of the molecule is CCc1sc(N(C(=O)COC)c2cc(F)nc(F)c2)nc1C(=O)NC1CCC1(C)C. The molecule has 3 rings (SSSR count). The van der Waals surface area contributed by atoms with Crippen molar-refractivity contribution in [2.45, 2.75) is 46.1 Å². The molecule has 7 nitrogen and oxygen atoms in total. The Labute approximate surface area is 177 Å². The van der Waals surface area contributed by atoms with Crippen LogP contribution in [-0.4, -0.2) is 41.5 Å². The molecule has 1 aliphatic carbocycles. The minimum Gasteiger partial charge on any atom is -0.375 e. The largest absolute Gasteiger partial charge is 0.375 e. The lowest BCUT2D eigenvalue weighted by Gasteiger charge is -2.44. The smallest absolute Gasteiger partial charge is 0.271 e. The number of nitrogens with zero attached hydrogens (tertiary/aromatic N) is 3. The number of halogens is 2. The lowest BCUT2D eigenvalue weighted by Crippen LogP contribution is -2.52. The van der Waals surface area contributed by atoms with E-state index in [1.807, 2.05) is 6.92 Å². The van der Waals surface area contributed by atoms with Gasteiger partial charge in [0.15, 0.2) is 5.13 Å². The van der Waals surface area contributed by atoms with Crippen molar-refractivity contribution in [2.75, 3.05) is 18.6 Å². The predicted molar refractivity (Wildman–Crippen MR) is 109 cm³/mol. The van der Waals surface area contributed by atoms with E-state index in [0.717, 1.165) is 41.2 Å². The van der Waals surface area contributed by atoms with E-state index in [1.165, 1.54) is 7.11 Å². The summed E-state index contributed by atoms with van der Waals surface area (Å²) < 4.78 is 32.3. The van der Waals surface area contributed by atoms with Crippen LogP contribution in [0.5, 0.6) is 0 Å². The number of aromatic nitrogens is 2. The number of anilines is 2. The first-order valence-corrected chi connectivity index (χ1v) is 10.4. The van der Waals surface area contributed by atoms with E-state index in [-0.39, 0.29) is 40.5 Å². The minimum atomic E-state index is -1.07. The van der Waals surface area contributed by atoms with Crippen LogP contribution in [0, 0.1) is 17.3 Å². The summed E-state index contributed by atoms with van der Waals surface area (Å²) in [4.78, 5) is 34.7. The normalized spacial score (nSPS) is 17.3. The first-order chi connectivity index (χ1) is 14.2. The summed E-state index contributed by atoms with van der Waals surface area (Å²) in [5, 5.41) is 3.15. The van der Waals surface area contributed by atoms with Crippen LogP contribution in [-0.2, 0) is 16.0 Å². The zero-order chi connectivity index (χ0) is 22.1. The number of methoxy groups -OCH3 is 1. The number of hydrogen-bond donors (Lipinski definition) is 1. The second-order valence-electron chi connectivity index (χ2n) is 7.81. The zero-order valence-corrected chi connectivity index (χ0v) is 18.1. The quantitative estimate of drug-likeness (QED) is 0.668. The van der Waals surface area contributed by atoms with Crippen molar-refractivity contribution in [3.05, 3.63) is 34.6 Å². The fraction of sp³-hybridized carbons (Fsp3) is 0.500. The maximum absolute atomic E-state index is 13.7. The second kappa shape index (κ2) is 8.73. The summed E-state index contributed by atoms with van der Waals surface area (Å²) in [6.45, 7) is 5.72. The molecule has 0 aromatic carbocycles. The summed E-state index contributed by atoms with van der Waals surface area (Å²) in [6.07, 6.45) is 2.43. The van der Waals surface area contributed by atoms with Crippen molar-refractivity contribution in [1.29, 1.82) is 0 Å². The van der Waals surface area contributed by atoms with E-state index in [1.54, 1.807) is 0 Å². The number of carbonyl (C=O) groups excluding carboxylic acids is 2. The molecule has 162 valence electrons. The number of amides is 2. The van der Waals surface area contributed by atoms with E-state index >= 15 is 0 Å². The van der Waals surface area contributed by atoms with Crippen LogP contribution in [0.3, 0.4) is 0 Å². The third kappa shape index (κ3) is 4.49. The van der Waals surface area contributed by atoms with Crippen LogP contribution in [0.4, 0.5) is 19.6 Å². The Morgan fingerprint density at radius 1 is 1.30 bits per heavy atom. The Balaban J connectivity index is 1.98. The molecule has 0 spiro atoms. The van der Waals surface area contributed by atoms with E-state index in [0.29, 0.717) is 11.3 Å². The van der Waals surface area contributed by atoms with Gasteiger partial charge in [0.25, 0.3) is 11.8 Å². The van der Waals surface area contributed by atoms with Crippen molar-refractivity contribution in [2.24, 2.45) is 5.41 Å². The monoisotopic (exact) mass is 438 g/mol. The van der Waals surface area contributed by atoms with E-state index in [4.69, 9.17) is 4.74 Å². The van der Waals surface area contributed by atoms with Gasteiger partial charge in [-0.25, -0.2) is 4.98 Å². The van der Waals surface area contributed by atoms with Crippen molar-refractivity contribution in [1.82, 2.24) is 15.3 Å². The zero-order valence-electron chi connectivity index (χ0n) is 17.3. The first-order valence-electron chi connectivity index (χ1n) is 9.61. The number of pyridine rings is 1. The maximum Gasteiger partial charge on any atom is 0.271 e. The van der Waals surface area contributed by atoms with Crippen LogP contribution in [0.1, 0.15) is 49.0 Å². The van der Waals surface area contributed by atoms with E-state index in [9.17, 15) is 18.4 Å². The average Bonchev–Trinajstić information content (AvgIpc) is 3.08.